The summed E-state index contributed by atoms with van der Waals surface area (Å²) in [6.45, 7) is 14.7. The van der Waals surface area contributed by atoms with Crippen LogP contribution in [-0.4, -0.2) is 110 Å². The third-order valence-corrected chi connectivity index (χ3v) is 19.2. The third-order valence-electron chi connectivity index (χ3n) is 19.2. The lowest BCUT2D eigenvalue weighted by Crippen LogP contribution is -2.36. The van der Waals surface area contributed by atoms with Crippen LogP contribution in [0.4, 0.5) is 26.7 Å². The van der Waals surface area contributed by atoms with E-state index in [1.165, 1.54) is 70.6 Å². The van der Waals surface area contributed by atoms with Crippen molar-refractivity contribution >= 4 is 47.0 Å². The Hall–Kier alpha value is -8.18. The summed E-state index contributed by atoms with van der Waals surface area (Å²) in [6.07, 6.45) is 28.4. The number of carboxylic acid groups (broad SMARTS) is 1. The van der Waals surface area contributed by atoms with E-state index in [2.05, 4.69) is 37.0 Å². The highest BCUT2D eigenvalue weighted by Crippen LogP contribution is 2.42. The van der Waals surface area contributed by atoms with Gasteiger partial charge in [0.1, 0.15) is 11.2 Å². The summed E-state index contributed by atoms with van der Waals surface area (Å²) >= 11 is 0. The average Bonchev–Trinajstić information content (AvgIpc) is 1.78. The number of aromatic nitrogens is 3. The molecule has 3 saturated carbocycles. The Morgan fingerprint density at radius 2 is 0.839 bits per heavy atom. The number of hydrogen-bond donors (Lipinski definition) is 5. The summed E-state index contributed by atoms with van der Waals surface area (Å²) in [4.78, 5) is 78.6. The number of nitrogens with one attached hydrogen (secondary N) is 3. The number of benzene rings is 3. The predicted octanol–water partition coefficient (Wildman–Crippen LogP) is 15.3. The summed E-state index contributed by atoms with van der Waals surface area (Å²) in [5.74, 6) is 1.12. The number of nitrogens with zero attached hydrogens (tertiary/aromatic N) is 5. The van der Waals surface area contributed by atoms with E-state index in [-0.39, 0.29) is 54.2 Å². The normalized spacial score (nSPS) is 21.9. The van der Waals surface area contributed by atoms with E-state index < -0.39 is 23.1 Å². The smallest absolute Gasteiger partial charge is 0.410 e. The molecule has 0 unspecified atom stereocenters. The molecule has 6 aromatic rings. The van der Waals surface area contributed by atoms with Gasteiger partial charge < -0.3 is 46.1 Å². The van der Waals surface area contributed by atoms with E-state index in [0.717, 1.165) is 89.2 Å². The molecule has 0 bridgehead atoms. The topological polar surface area (TPSA) is 231 Å². The monoisotopic (exact) mass is 1270 g/mol. The van der Waals surface area contributed by atoms with Crippen LogP contribution in [0.1, 0.15) is 138 Å². The predicted molar refractivity (Wildman–Crippen MR) is 367 cm³/mol. The van der Waals surface area contributed by atoms with Crippen LogP contribution >= 0.6 is 0 Å². The molecule has 17 nitrogen and oxygen atoms in total. The van der Waals surface area contributed by atoms with Crippen molar-refractivity contribution in [2.24, 2.45) is 53.3 Å². The second kappa shape index (κ2) is 33.1. The molecule has 3 aromatic heterocycles. The van der Waals surface area contributed by atoms with Gasteiger partial charge in [0.25, 0.3) is 0 Å². The fraction of sp³-hybridized carbons (Fsp3) is 0.500. The van der Waals surface area contributed by atoms with Crippen molar-refractivity contribution in [1.82, 2.24) is 30.1 Å². The number of carbonyl (C=O) groups excluding carboxylic acids is 4. The lowest BCUT2D eigenvalue weighted by atomic mass is 9.75. The van der Waals surface area contributed by atoms with Gasteiger partial charge in [0.2, 0.25) is 11.8 Å². The van der Waals surface area contributed by atoms with Crippen molar-refractivity contribution in [2.75, 3.05) is 55.6 Å². The second-order valence-corrected chi connectivity index (χ2v) is 28.3. The quantitative estimate of drug-likeness (QED) is 0.0761. The maximum atomic E-state index is 13.5. The minimum atomic E-state index is -0.781. The Labute approximate surface area is 550 Å². The molecule has 6 N–H and O–H groups in total. The molecule has 0 spiro atoms. The van der Waals surface area contributed by atoms with Gasteiger partial charge >= 0.3 is 18.2 Å². The van der Waals surface area contributed by atoms with Gasteiger partial charge in [-0.1, -0.05) is 151 Å². The van der Waals surface area contributed by atoms with Gasteiger partial charge in [-0.15, -0.1) is 0 Å². The maximum Gasteiger partial charge on any atom is 0.410 e. The zero-order valence-corrected chi connectivity index (χ0v) is 55.5. The number of pyridine rings is 3. The molecule has 4 amide bonds. The number of anilines is 3. The number of aliphatic carboxylic acids is 1. The number of hydrogen-bond acceptors (Lipinski definition) is 12. The number of carbonyl (C=O) groups is 5. The molecule has 6 fully saturated rings. The molecular weight excluding hydrogens is 1170 g/mol. The molecule has 12 rings (SSSR count). The Kier molecular flexibility index (Phi) is 24.6. The van der Waals surface area contributed by atoms with Gasteiger partial charge in [-0.05, 0) is 155 Å². The van der Waals surface area contributed by atoms with Crippen LogP contribution in [0, 0.1) is 53.3 Å². The summed E-state index contributed by atoms with van der Waals surface area (Å²) in [6, 6.07) is 35.5. The molecule has 3 aliphatic heterocycles. The van der Waals surface area contributed by atoms with Crippen LogP contribution in [0.5, 0.6) is 0 Å². The first kappa shape index (κ1) is 69.2. The van der Waals surface area contributed by atoms with Crippen LogP contribution < -0.4 is 21.7 Å². The van der Waals surface area contributed by atoms with Crippen molar-refractivity contribution in [3.8, 4) is 33.4 Å². The number of ether oxygens (including phenoxy) is 2. The zero-order valence-electron chi connectivity index (χ0n) is 55.5. The lowest BCUT2D eigenvalue weighted by Gasteiger charge is -2.30. The van der Waals surface area contributed by atoms with Crippen LogP contribution in [0.15, 0.2) is 146 Å². The maximum absolute atomic E-state index is 13.5. The Bertz CT molecular complexity index is 3360. The van der Waals surface area contributed by atoms with Crippen molar-refractivity contribution in [3.63, 3.8) is 0 Å². The fourth-order valence-corrected chi connectivity index (χ4v) is 14.6. The minimum Gasteiger partial charge on any atom is -0.481 e. The molecule has 6 atom stereocenters. The molecule has 6 aliphatic rings. The number of nitrogen functional groups attached to an aromatic ring is 1. The van der Waals surface area contributed by atoms with Gasteiger partial charge in [0.05, 0.1) is 17.8 Å². The lowest BCUT2D eigenvalue weighted by molar-refractivity contribution is -0.143. The standard InChI is InChI=1S/C27H35N3O3.C22H27N3O.C16H27NO4.C11H10N2/c1-27(2,3)33-26(32)30-17-23(19-9-5-4-6-10-19)24(18-30)25(31)29-22-13-7-11-20(15-22)21-12-8-14-28-16-21;26-22(21-15-24-14-20(21)16-6-2-1-3-7-16)25-19-10-4-8-17(12-19)18-9-5-11-23-13-18;1-16(2,3)21-15(20)17-9-12(13(10-17)14(18)19)11-7-5-4-6-8-11;12-11-5-1-3-9(7-11)10-4-2-6-13-8-10/h7-8,11-16,19,23-24H,4-6,9-10,17-18H2,1-3H3,(H,29,31);4-5,8-13,16,20-21,24H,1-3,6-7,14-15H2,(H,25,26);11-13H,4-10H2,1-3H3,(H,18,19);1-8H,12H2/t23-,24+;20-,21+;12-,13+;/m000./s1. The van der Waals surface area contributed by atoms with E-state index >= 15 is 0 Å². The highest BCUT2D eigenvalue weighted by Gasteiger charge is 2.46. The van der Waals surface area contributed by atoms with Crippen molar-refractivity contribution in [1.29, 1.82) is 0 Å². The second-order valence-electron chi connectivity index (χ2n) is 28.3. The van der Waals surface area contributed by atoms with Gasteiger partial charge in [-0.25, -0.2) is 9.59 Å². The third kappa shape index (κ3) is 20.4. The zero-order chi connectivity index (χ0) is 65.9. The van der Waals surface area contributed by atoms with Crippen LogP contribution in [0.25, 0.3) is 33.4 Å². The summed E-state index contributed by atoms with van der Waals surface area (Å²) < 4.78 is 11.0. The van der Waals surface area contributed by atoms with Crippen LogP contribution in [0.3, 0.4) is 0 Å². The Balaban J connectivity index is 0.000000153. The van der Waals surface area contributed by atoms with Gasteiger partial charge in [-0.3, -0.25) is 29.3 Å². The Morgan fingerprint density at radius 3 is 1.24 bits per heavy atom. The van der Waals surface area contributed by atoms with E-state index in [4.69, 9.17) is 15.2 Å². The SMILES string of the molecule is CC(C)(C)OC(=O)N1C[C@@H](C(=O)Nc2cccc(-c3cccnc3)c2)[C@H](C2CCCCC2)C1.CC(C)(C)OC(=O)N1C[C@@H](C(=O)O)[C@H](C2CCCCC2)C1.Nc1cccc(-c2cccnc2)c1.O=C(Nc1cccc(-c2cccnc2)c1)[C@@H]1CNC[C@H]1C1CCCCC1. The van der Waals surface area contributed by atoms with E-state index in [1.807, 2.05) is 163 Å². The van der Waals surface area contributed by atoms with E-state index in [9.17, 15) is 29.1 Å². The molecule has 3 aliphatic carbocycles. The molecule has 3 saturated heterocycles. The largest absolute Gasteiger partial charge is 0.481 e. The first-order chi connectivity index (χ1) is 44.7. The molecular formula is C76H99N9O8. The van der Waals surface area contributed by atoms with E-state index in [1.54, 1.807) is 28.4 Å². The molecule has 93 heavy (non-hydrogen) atoms. The average molecular weight is 1270 g/mol. The number of carboxylic acids is 1. The van der Waals surface area contributed by atoms with Gasteiger partial charge in [-0.2, -0.15) is 0 Å². The van der Waals surface area contributed by atoms with Crippen molar-refractivity contribution in [2.45, 2.75) is 149 Å². The molecule has 6 heterocycles. The van der Waals surface area contributed by atoms with Crippen LogP contribution in [0.2, 0.25) is 0 Å². The summed E-state index contributed by atoms with van der Waals surface area (Å²) in [7, 11) is 0. The van der Waals surface area contributed by atoms with Crippen molar-refractivity contribution in [3.05, 3.63) is 146 Å². The van der Waals surface area contributed by atoms with Gasteiger partial charge in [0.15, 0.2) is 0 Å². The summed E-state index contributed by atoms with van der Waals surface area (Å²) in [5, 5.41) is 19.2. The summed E-state index contributed by atoms with van der Waals surface area (Å²) in [5.41, 5.74) is 13.3. The first-order valence-corrected chi connectivity index (χ1v) is 34.0. The van der Waals surface area contributed by atoms with Crippen LogP contribution in [-0.2, 0) is 23.9 Å². The Morgan fingerprint density at radius 1 is 0.462 bits per heavy atom. The van der Waals surface area contributed by atoms with E-state index in [0.29, 0.717) is 43.3 Å². The minimum absolute atomic E-state index is 0.0139. The fourth-order valence-electron chi connectivity index (χ4n) is 14.6. The molecule has 496 valence electrons. The van der Waals surface area contributed by atoms with Gasteiger partial charge in [0, 0.05) is 104 Å². The highest BCUT2D eigenvalue weighted by molar-refractivity contribution is 5.95. The molecule has 3 aromatic carbocycles. The highest BCUT2D eigenvalue weighted by atomic mass is 16.6. The first-order valence-electron chi connectivity index (χ1n) is 34.0. The number of nitrogens with two attached hydrogens (primary N) is 1. The number of amides is 4. The molecule has 17 heteroatoms. The number of rotatable bonds is 11. The number of likely N-dealkylation sites (tertiary alicyclic amines) is 2. The van der Waals surface area contributed by atoms with Crippen molar-refractivity contribution < 1.29 is 38.6 Å². The molecule has 0 radical (unpaired) electrons.